The second kappa shape index (κ2) is 9.85. The minimum atomic E-state index is -3.47. The minimum absolute atomic E-state index is 0.00180. The maximum Gasteiger partial charge on any atom is 0.234 e. The lowest BCUT2D eigenvalue weighted by Crippen LogP contribution is -2.19. The van der Waals surface area contributed by atoms with Crippen molar-refractivity contribution in [3.63, 3.8) is 0 Å². The van der Waals surface area contributed by atoms with E-state index in [-0.39, 0.29) is 11.6 Å². The quantitative estimate of drug-likeness (QED) is 0.513. The van der Waals surface area contributed by atoms with Crippen LogP contribution in [0.3, 0.4) is 0 Å². The normalized spacial score (nSPS) is 11.1. The van der Waals surface area contributed by atoms with Gasteiger partial charge in [0.05, 0.1) is 5.75 Å². The lowest BCUT2D eigenvalue weighted by molar-refractivity contribution is 0.600. The second-order valence-corrected chi connectivity index (χ2v) is 8.32. The first-order valence-electron chi connectivity index (χ1n) is 9.27. The number of benzene rings is 2. The first kappa shape index (κ1) is 19.8. The molecule has 3 rings (SSSR count). The average molecular weight is 397 g/mol. The van der Waals surface area contributed by atoms with Crippen LogP contribution in [0.15, 0.2) is 72.8 Å². The van der Waals surface area contributed by atoms with Crippen molar-refractivity contribution in [1.82, 2.24) is 10.2 Å². The van der Waals surface area contributed by atoms with Crippen LogP contribution in [-0.4, -0.2) is 30.9 Å². The summed E-state index contributed by atoms with van der Waals surface area (Å²) < 4.78 is 26.9. The number of anilines is 2. The van der Waals surface area contributed by atoms with Crippen LogP contribution in [0.5, 0.6) is 0 Å². The summed E-state index contributed by atoms with van der Waals surface area (Å²) in [6.07, 6.45) is 2.41. The lowest BCUT2D eigenvalue weighted by Gasteiger charge is -2.08. The van der Waals surface area contributed by atoms with E-state index in [1.807, 2.05) is 48.5 Å². The number of aromatic nitrogens is 2. The summed E-state index contributed by atoms with van der Waals surface area (Å²) in [5.74, 6) is 0.848. The van der Waals surface area contributed by atoms with E-state index >= 15 is 0 Å². The van der Waals surface area contributed by atoms with Gasteiger partial charge in [0.15, 0.2) is 5.82 Å². The Morgan fingerprint density at radius 3 is 1.89 bits per heavy atom. The van der Waals surface area contributed by atoms with Crippen LogP contribution in [0, 0.1) is 0 Å². The van der Waals surface area contributed by atoms with Gasteiger partial charge in [-0.1, -0.05) is 60.7 Å². The van der Waals surface area contributed by atoms with Gasteiger partial charge in [-0.05, 0) is 42.5 Å². The monoisotopic (exact) mass is 396 g/mol. The predicted molar refractivity (Wildman–Crippen MR) is 113 cm³/mol. The summed E-state index contributed by atoms with van der Waals surface area (Å²) in [5.41, 5.74) is 2.28. The maximum absolute atomic E-state index is 12.2. The largest absolute Gasteiger partial charge is 0.369 e. The van der Waals surface area contributed by atoms with Gasteiger partial charge >= 0.3 is 0 Å². The van der Waals surface area contributed by atoms with Crippen molar-refractivity contribution < 1.29 is 8.42 Å². The van der Waals surface area contributed by atoms with E-state index in [9.17, 15) is 8.42 Å². The molecule has 2 aromatic carbocycles. The molecule has 0 amide bonds. The van der Waals surface area contributed by atoms with Crippen LogP contribution in [-0.2, 0) is 22.9 Å². The number of hydrogen-bond donors (Lipinski definition) is 2. The van der Waals surface area contributed by atoms with Crippen LogP contribution in [0.25, 0.3) is 0 Å². The summed E-state index contributed by atoms with van der Waals surface area (Å²) in [4.78, 5) is 0. The summed E-state index contributed by atoms with van der Waals surface area (Å²) in [6.45, 7) is 0.770. The third-order valence-electron chi connectivity index (χ3n) is 4.22. The number of nitrogens with one attached hydrogen (secondary N) is 2. The van der Waals surface area contributed by atoms with Crippen LogP contribution in [0.4, 0.5) is 11.6 Å². The molecule has 1 heterocycles. The van der Waals surface area contributed by atoms with Crippen molar-refractivity contribution in [1.29, 1.82) is 0 Å². The van der Waals surface area contributed by atoms with Crippen LogP contribution in [0.2, 0.25) is 0 Å². The molecule has 28 heavy (non-hydrogen) atoms. The predicted octanol–water partition coefficient (Wildman–Crippen LogP) is 3.51. The zero-order chi connectivity index (χ0) is 19.7. The molecule has 0 aliphatic heterocycles. The standard InChI is InChI=1S/C21H24N4O2S/c26-28(27,17-15-19-10-5-2-6-11-19)25-21-14-13-20(23-24-21)22-16-7-12-18-8-3-1-4-9-18/h1-6,8-11,13-14H,7,12,15-17H2,(H,22,23)(H,24,25). The fourth-order valence-electron chi connectivity index (χ4n) is 2.74. The highest BCUT2D eigenvalue weighted by atomic mass is 32.2. The van der Waals surface area contributed by atoms with Crippen LogP contribution >= 0.6 is 0 Å². The van der Waals surface area contributed by atoms with Gasteiger partial charge in [0.25, 0.3) is 0 Å². The van der Waals surface area contributed by atoms with Gasteiger partial charge in [0.2, 0.25) is 10.0 Å². The van der Waals surface area contributed by atoms with Crippen molar-refractivity contribution in [2.75, 3.05) is 22.3 Å². The van der Waals surface area contributed by atoms with Crippen molar-refractivity contribution in [2.24, 2.45) is 0 Å². The molecule has 0 bridgehead atoms. The van der Waals surface area contributed by atoms with Gasteiger partial charge in [-0.2, -0.15) is 0 Å². The van der Waals surface area contributed by atoms with E-state index in [1.54, 1.807) is 12.1 Å². The van der Waals surface area contributed by atoms with E-state index in [2.05, 4.69) is 32.4 Å². The molecule has 0 unspecified atom stereocenters. The van der Waals surface area contributed by atoms with Crippen LogP contribution < -0.4 is 10.0 Å². The van der Waals surface area contributed by atoms with Gasteiger partial charge in [-0.15, -0.1) is 10.2 Å². The van der Waals surface area contributed by atoms with Crippen molar-refractivity contribution in [3.05, 3.63) is 83.9 Å². The molecule has 0 aliphatic rings. The summed E-state index contributed by atoms with van der Waals surface area (Å²) in [6, 6.07) is 23.2. The number of hydrogen-bond acceptors (Lipinski definition) is 5. The lowest BCUT2D eigenvalue weighted by atomic mass is 10.1. The van der Waals surface area contributed by atoms with Gasteiger partial charge in [-0.3, -0.25) is 4.72 Å². The van der Waals surface area contributed by atoms with Gasteiger partial charge in [0.1, 0.15) is 5.82 Å². The fraction of sp³-hybridized carbons (Fsp3) is 0.238. The Balaban J connectivity index is 1.43. The molecule has 2 N–H and O–H groups in total. The van der Waals surface area contributed by atoms with E-state index in [1.165, 1.54) is 5.56 Å². The van der Waals surface area contributed by atoms with Gasteiger partial charge in [-0.25, -0.2) is 8.42 Å². The third-order valence-corrected chi connectivity index (χ3v) is 5.48. The summed E-state index contributed by atoms with van der Waals surface area (Å²) in [5, 5.41) is 11.2. The van der Waals surface area contributed by atoms with Crippen molar-refractivity contribution >= 4 is 21.7 Å². The molecule has 0 saturated heterocycles. The molecule has 3 aromatic rings. The summed E-state index contributed by atoms with van der Waals surface area (Å²) in [7, 11) is -3.47. The molecule has 7 heteroatoms. The number of aryl methyl sites for hydroxylation is 2. The summed E-state index contributed by atoms with van der Waals surface area (Å²) >= 11 is 0. The van der Waals surface area contributed by atoms with Crippen LogP contribution in [0.1, 0.15) is 17.5 Å². The van der Waals surface area contributed by atoms with Crippen molar-refractivity contribution in [2.45, 2.75) is 19.3 Å². The Morgan fingerprint density at radius 1 is 0.714 bits per heavy atom. The van der Waals surface area contributed by atoms with E-state index in [0.29, 0.717) is 12.2 Å². The van der Waals surface area contributed by atoms with Gasteiger partial charge < -0.3 is 5.32 Å². The molecule has 0 aliphatic carbocycles. The highest BCUT2D eigenvalue weighted by molar-refractivity contribution is 7.92. The highest BCUT2D eigenvalue weighted by Gasteiger charge is 2.12. The molecule has 146 valence electrons. The Kier molecular flexibility index (Phi) is 6.97. The average Bonchev–Trinajstić information content (AvgIpc) is 2.72. The maximum atomic E-state index is 12.2. The molecule has 6 nitrogen and oxygen atoms in total. The smallest absolute Gasteiger partial charge is 0.234 e. The Bertz CT molecular complexity index is 947. The Labute approximate surface area is 166 Å². The zero-order valence-corrected chi connectivity index (χ0v) is 16.4. The highest BCUT2D eigenvalue weighted by Crippen LogP contribution is 2.10. The van der Waals surface area contributed by atoms with E-state index in [4.69, 9.17) is 0 Å². The molecular formula is C21H24N4O2S. The second-order valence-electron chi connectivity index (χ2n) is 6.48. The first-order chi connectivity index (χ1) is 13.6. The molecular weight excluding hydrogens is 372 g/mol. The molecule has 1 aromatic heterocycles. The minimum Gasteiger partial charge on any atom is -0.369 e. The molecule has 0 atom stereocenters. The number of nitrogens with zero attached hydrogens (tertiary/aromatic N) is 2. The van der Waals surface area contributed by atoms with Crippen molar-refractivity contribution in [3.8, 4) is 0 Å². The number of rotatable bonds is 10. The van der Waals surface area contributed by atoms with Gasteiger partial charge in [0, 0.05) is 6.54 Å². The van der Waals surface area contributed by atoms with E-state index < -0.39 is 10.0 Å². The molecule has 0 radical (unpaired) electrons. The first-order valence-corrected chi connectivity index (χ1v) is 10.9. The topological polar surface area (TPSA) is 84.0 Å². The SMILES string of the molecule is O=S(=O)(CCc1ccccc1)Nc1ccc(NCCCc2ccccc2)nn1. The fourth-order valence-corrected chi connectivity index (χ4v) is 3.78. The Morgan fingerprint density at radius 2 is 1.29 bits per heavy atom. The van der Waals surface area contributed by atoms with E-state index in [0.717, 1.165) is 24.9 Å². The molecule has 0 fully saturated rings. The third kappa shape index (κ3) is 6.66. The molecule has 0 saturated carbocycles. The molecule has 0 spiro atoms. The zero-order valence-electron chi connectivity index (χ0n) is 15.6. The number of sulfonamides is 1. The Hall–Kier alpha value is -2.93.